The van der Waals surface area contributed by atoms with Gasteiger partial charge in [0, 0.05) is 12.0 Å². The van der Waals surface area contributed by atoms with E-state index in [0.29, 0.717) is 12.8 Å². The minimum absolute atomic E-state index is 0.0634. The van der Waals surface area contributed by atoms with Crippen molar-refractivity contribution >= 4 is 23.8 Å². The molecule has 9 nitrogen and oxygen atoms in total. The smallest absolute Gasteiger partial charge is 0.412 e. The first kappa shape index (κ1) is 21.7. The zero-order valence-corrected chi connectivity index (χ0v) is 18.3. The lowest BCUT2D eigenvalue weighted by molar-refractivity contribution is -0.139. The van der Waals surface area contributed by atoms with Gasteiger partial charge in [-0.1, -0.05) is 48.5 Å². The first-order chi connectivity index (χ1) is 16.4. The maximum absolute atomic E-state index is 12.5. The van der Waals surface area contributed by atoms with Crippen molar-refractivity contribution in [1.29, 1.82) is 0 Å². The van der Waals surface area contributed by atoms with Gasteiger partial charge in [0.25, 0.3) is 5.91 Å². The molecule has 1 aromatic heterocycles. The molecule has 174 valence electrons. The number of carboxylic acid groups (broad SMARTS) is 1. The number of aromatic amines is 1. The van der Waals surface area contributed by atoms with Crippen molar-refractivity contribution in [3.05, 3.63) is 71.4 Å². The van der Waals surface area contributed by atoms with Gasteiger partial charge in [-0.3, -0.25) is 20.0 Å². The third kappa shape index (κ3) is 4.12. The van der Waals surface area contributed by atoms with Crippen LogP contribution in [0.2, 0.25) is 0 Å². The molecule has 1 saturated carbocycles. The normalized spacial score (nSPS) is 15.5. The van der Waals surface area contributed by atoms with E-state index in [2.05, 4.69) is 33.0 Å². The maximum atomic E-state index is 12.5. The summed E-state index contributed by atoms with van der Waals surface area (Å²) in [5, 5.41) is 21.0. The van der Waals surface area contributed by atoms with E-state index in [0.717, 1.165) is 28.7 Å². The van der Waals surface area contributed by atoms with Crippen LogP contribution in [0.15, 0.2) is 54.6 Å². The molecular formula is C25H24N4O5. The van der Waals surface area contributed by atoms with Gasteiger partial charge in [-0.25, -0.2) is 4.79 Å². The lowest BCUT2D eigenvalue weighted by atomic mass is 9.74. The highest BCUT2D eigenvalue weighted by molar-refractivity contribution is 5.95. The third-order valence-corrected chi connectivity index (χ3v) is 6.58. The van der Waals surface area contributed by atoms with Gasteiger partial charge in [-0.15, -0.1) is 0 Å². The van der Waals surface area contributed by atoms with Crippen LogP contribution >= 0.6 is 0 Å². The van der Waals surface area contributed by atoms with Crippen molar-refractivity contribution < 1.29 is 24.2 Å². The zero-order valence-electron chi connectivity index (χ0n) is 18.3. The van der Waals surface area contributed by atoms with Crippen LogP contribution in [-0.4, -0.2) is 45.4 Å². The van der Waals surface area contributed by atoms with Crippen molar-refractivity contribution in [2.24, 2.45) is 0 Å². The number of aliphatic carboxylic acids is 1. The molecule has 0 unspecified atom stereocenters. The highest BCUT2D eigenvalue weighted by atomic mass is 16.5. The molecule has 3 aromatic rings. The number of nitrogens with one attached hydrogen (secondary N) is 3. The van der Waals surface area contributed by atoms with Gasteiger partial charge in [0.2, 0.25) is 0 Å². The maximum Gasteiger partial charge on any atom is 0.412 e. The number of carboxylic acids is 1. The highest BCUT2D eigenvalue weighted by Crippen LogP contribution is 2.44. The highest BCUT2D eigenvalue weighted by Gasteiger charge is 2.40. The molecule has 0 bridgehead atoms. The summed E-state index contributed by atoms with van der Waals surface area (Å²) in [6.07, 6.45) is 1.29. The molecule has 2 amide bonds. The quantitative estimate of drug-likeness (QED) is 0.423. The summed E-state index contributed by atoms with van der Waals surface area (Å²) < 4.78 is 5.49. The Bertz CT molecular complexity index is 1220. The molecule has 2 aliphatic rings. The Morgan fingerprint density at radius 1 is 1.06 bits per heavy atom. The summed E-state index contributed by atoms with van der Waals surface area (Å²) in [6, 6.07) is 17.5. The first-order valence-corrected chi connectivity index (χ1v) is 11.2. The molecule has 34 heavy (non-hydrogen) atoms. The standard InChI is InChI=1S/C25H24N4O5/c30-22(31)13-25(10-5-11-25)27-23(32)20-12-21(29-28-20)26-24(33)34-14-19-17-8-3-1-6-15(17)16-7-2-4-9-18(16)19/h1-4,6-9,12,19H,5,10-11,13-14H2,(H,27,32)(H,30,31)(H2,26,28,29,33). The average molecular weight is 460 g/mol. The van der Waals surface area contributed by atoms with E-state index in [-0.39, 0.29) is 30.5 Å². The summed E-state index contributed by atoms with van der Waals surface area (Å²) in [4.78, 5) is 36.1. The van der Waals surface area contributed by atoms with E-state index in [1.165, 1.54) is 6.07 Å². The Labute approximate surface area is 195 Å². The number of hydrogen-bond acceptors (Lipinski definition) is 5. The van der Waals surface area contributed by atoms with Crippen molar-refractivity contribution in [3.8, 4) is 11.1 Å². The number of ether oxygens (including phenoxy) is 1. The summed E-state index contributed by atoms with van der Waals surface area (Å²) >= 11 is 0. The second-order valence-electron chi connectivity index (χ2n) is 8.78. The molecule has 0 spiro atoms. The van der Waals surface area contributed by atoms with Crippen molar-refractivity contribution in [2.75, 3.05) is 11.9 Å². The summed E-state index contributed by atoms with van der Waals surface area (Å²) in [5.41, 5.74) is 3.91. The number of fused-ring (bicyclic) bond motifs is 3. The summed E-state index contributed by atoms with van der Waals surface area (Å²) in [6.45, 7) is 0.162. The lowest BCUT2D eigenvalue weighted by Crippen LogP contribution is -2.54. The Kier molecular flexibility index (Phi) is 5.53. The average Bonchev–Trinajstić information content (AvgIpc) is 3.39. The molecule has 0 radical (unpaired) electrons. The summed E-state index contributed by atoms with van der Waals surface area (Å²) in [5.74, 6) is -1.34. The monoisotopic (exact) mass is 460 g/mol. The van der Waals surface area contributed by atoms with Gasteiger partial charge in [0.05, 0.1) is 12.0 Å². The fraction of sp³-hybridized carbons (Fsp3) is 0.280. The molecule has 0 saturated heterocycles. The van der Waals surface area contributed by atoms with E-state index >= 15 is 0 Å². The SMILES string of the molecule is O=C(O)CC1(NC(=O)c2cc(NC(=O)OCC3c4ccccc4-c4ccccc43)n[nH]2)CCC1. The zero-order chi connectivity index (χ0) is 23.7. The molecule has 9 heteroatoms. The molecule has 5 rings (SSSR count). The van der Waals surface area contributed by atoms with Gasteiger partial charge < -0.3 is 15.2 Å². The molecular weight excluding hydrogens is 436 g/mol. The lowest BCUT2D eigenvalue weighted by Gasteiger charge is -2.41. The van der Waals surface area contributed by atoms with Crippen molar-refractivity contribution in [2.45, 2.75) is 37.1 Å². The van der Waals surface area contributed by atoms with E-state index in [9.17, 15) is 14.4 Å². The van der Waals surface area contributed by atoms with Crippen LogP contribution in [-0.2, 0) is 9.53 Å². The Hall–Kier alpha value is -4.14. The number of aromatic nitrogens is 2. The van der Waals surface area contributed by atoms with Crippen molar-refractivity contribution in [3.63, 3.8) is 0 Å². The second kappa shape index (κ2) is 8.66. The Morgan fingerprint density at radius 3 is 2.29 bits per heavy atom. The van der Waals surface area contributed by atoms with Crippen LogP contribution in [0.3, 0.4) is 0 Å². The number of carbonyl (C=O) groups excluding carboxylic acids is 2. The number of hydrogen-bond donors (Lipinski definition) is 4. The van der Waals surface area contributed by atoms with Crippen LogP contribution in [0, 0.1) is 0 Å². The van der Waals surface area contributed by atoms with Gasteiger partial charge in [0.15, 0.2) is 5.82 Å². The minimum Gasteiger partial charge on any atom is -0.481 e. The minimum atomic E-state index is -0.956. The van der Waals surface area contributed by atoms with E-state index in [1.807, 2.05) is 36.4 Å². The van der Waals surface area contributed by atoms with Crippen LogP contribution in [0.5, 0.6) is 0 Å². The molecule has 2 aromatic carbocycles. The number of anilines is 1. The van der Waals surface area contributed by atoms with Crippen LogP contribution in [0.1, 0.15) is 53.2 Å². The number of H-pyrrole nitrogens is 1. The molecule has 0 aliphatic heterocycles. The number of amides is 2. The number of carbonyl (C=O) groups is 3. The van der Waals surface area contributed by atoms with E-state index in [1.54, 1.807) is 0 Å². The van der Waals surface area contributed by atoms with E-state index < -0.39 is 23.5 Å². The first-order valence-electron chi connectivity index (χ1n) is 11.2. The Balaban J connectivity index is 1.20. The van der Waals surface area contributed by atoms with Crippen LogP contribution in [0.4, 0.5) is 10.6 Å². The molecule has 1 heterocycles. The Morgan fingerprint density at radius 2 is 1.71 bits per heavy atom. The largest absolute Gasteiger partial charge is 0.481 e. The fourth-order valence-electron chi connectivity index (χ4n) is 4.79. The topological polar surface area (TPSA) is 133 Å². The number of benzene rings is 2. The van der Waals surface area contributed by atoms with Gasteiger partial charge in [-0.2, -0.15) is 5.10 Å². The predicted octanol–water partition coefficient (Wildman–Crippen LogP) is 3.90. The summed E-state index contributed by atoms with van der Waals surface area (Å²) in [7, 11) is 0. The fourth-order valence-corrected chi connectivity index (χ4v) is 4.79. The number of nitrogens with zero attached hydrogens (tertiary/aromatic N) is 1. The molecule has 4 N–H and O–H groups in total. The van der Waals surface area contributed by atoms with Gasteiger partial charge in [0.1, 0.15) is 12.3 Å². The van der Waals surface area contributed by atoms with Gasteiger partial charge in [-0.05, 0) is 41.5 Å². The molecule has 2 aliphatic carbocycles. The van der Waals surface area contributed by atoms with Crippen LogP contribution in [0.25, 0.3) is 11.1 Å². The van der Waals surface area contributed by atoms with Gasteiger partial charge >= 0.3 is 12.1 Å². The van der Waals surface area contributed by atoms with Crippen LogP contribution < -0.4 is 10.6 Å². The molecule has 1 fully saturated rings. The molecule has 0 atom stereocenters. The predicted molar refractivity (Wildman–Crippen MR) is 124 cm³/mol. The van der Waals surface area contributed by atoms with E-state index in [4.69, 9.17) is 9.84 Å². The third-order valence-electron chi connectivity index (χ3n) is 6.58. The number of rotatable bonds is 7. The van der Waals surface area contributed by atoms with Crippen molar-refractivity contribution in [1.82, 2.24) is 15.5 Å². The second-order valence-corrected chi connectivity index (χ2v) is 8.78.